The van der Waals surface area contributed by atoms with Crippen molar-refractivity contribution in [3.63, 3.8) is 0 Å². The van der Waals surface area contributed by atoms with E-state index in [4.69, 9.17) is 0 Å². The van der Waals surface area contributed by atoms with Crippen LogP contribution >= 0.6 is 22.7 Å². The molecule has 4 rings (SSSR count). The van der Waals surface area contributed by atoms with Crippen molar-refractivity contribution in [2.24, 2.45) is 0 Å². The van der Waals surface area contributed by atoms with Crippen LogP contribution in [0.5, 0.6) is 0 Å². The van der Waals surface area contributed by atoms with E-state index in [0.717, 1.165) is 30.0 Å². The topological polar surface area (TPSA) is 62.3 Å². The number of rotatable bonds is 4. The number of likely N-dealkylation sites (tertiary alicyclic amines) is 1. The number of nitrogens with one attached hydrogen (secondary N) is 1. The molecule has 1 N–H and O–H groups in total. The van der Waals surface area contributed by atoms with Gasteiger partial charge in [0.15, 0.2) is 0 Å². The lowest BCUT2D eigenvalue weighted by molar-refractivity contribution is 0.0711. The van der Waals surface area contributed by atoms with E-state index in [1.54, 1.807) is 29.7 Å². The van der Waals surface area contributed by atoms with Crippen LogP contribution in [0.2, 0.25) is 0 Å². The smallest absolute Gasteiger partial charge is 0.264 e. The normalized spacial score (nSPS) is 16.6. The fraction of sp³-hybridized carbons (Fsp3) is 0.286. The molecule has 1 fully saturated rings. The van der Waals surface area contributed by atoms with Gasteiger partial charge in [-0.05, 0) is 49.6 Å². The third kappa shape index (κ3) is 4.38. The van der Waals surface area contributed by atoms with Crippen molar-refractivity contribution < 1.29 is 14.0 Å². The molecule has 1 saturated heterocycles. The SMILES string of the molecule is Cc1cc(NC(=O)c2cccc(F)c2)sc1C(=O)N1CCCC(c2nccs2)C1. The van der Waals surface area contributed by atoms with Crippen molar-refractivity contribution >= 4 is 39.5 Å². The first-order chi connectivity index (χ1) is 14.0. The predicted octanol–water partition coefficient (Wildman–Crippen LogP) is 4.92. The molecule has 0 saturated carbocycles. The molecular formula is C21H20FN3O2S2. The summed E-state index contributed by atoms with van der Waals surface area (Å²) < 4.78 is 13.3. The average Bonchev–Trinajstić information content (AvgIpc) is 3.37. The highest BCUT2D eigenvalue weighted by Crippen LogP contribution is 2.32. The molecule has 3 aromatic rings. The maximum atomic E-state index is 13.3. The minimum absolute atomic E-state index is 0.0139. The highest BCUT2D eigenvalue weighted by atomic mass is 32.1. The van der Waals surface area contributed by atoms with Gasteiger partial charge in [0.25, 0.3) is 11.8 Å². The summed E-state index contributed by atoms with van der Waals surface area (Å²) in [4.78, 5) is 32.4. The van der Waals surface area contributed by atoms with Crippen LogP contribution in [0.25, 0.3) is 0 Å². The van der Waals surface area contributed by atoms with Crippen molar-refractivity contribution in [1.29, 1.82) is 0 Å². The Morgan fingerprint density at radius 1 is 1.31 bits per heavy atom. The molecule has 1 aliphatic heterocycles. The summed E-state index contributed by atoms with van der Waals surface area (Å²) in [5, 5.41) is 6.39. The van der Waals surface area contributed by atoms with Crippen LogP contribution in [0.15, 0.2) is 41.9 Å². The van der Waals surface area contributed by atoms with Crippen LogP contribution in [0, 0.1) is 12.7 Å². The lowest BCUT2D eigenvalue weighted by Crippen LogP contribution is -2.39. The van der Waals surface area contributed by atoms with Gasteiger partial charge in [-0.2, -0.15) is 0 Å². The van der Waals surface area contributed by atoms with Crippen molar-refractivity contribution in [3.05, 3.63) is 68.7 Å². The second-order valence-electron chi connectivity index (χ2n) is 7.05. The fourth-order valence-electron chi connectivity index (χ4n) is 3.51. The summed E-state index contributed by atoms with van der Waals surface area (Å²) in [6.07, 6.45) is 3.79. The molecule has 8 heteroatoms. The van der Waals surface area contributed by atoms with Gasteiger partial charge in [0, 0.05) is 36.1 Å². The molecule has 0 aliphatic carbocycles. The minimum atomic E-state index is -0.462. The summed E-state index contributed by atoms with van der Waals surface area (Å²) in [6.45, 7) is 3.25. The summed E-state index contributed by atoms with van der Waals surface area (Å²) in [5.74, 6) is -0.595. The number of nitrogens with zero attached hydrogens (tertiary/aromatic N) is 2. The predicted molar refractivity (Wildman–Crippen MR) is 113 cm³/mol. The number of carbonyl (C=O) groups is 2. The Labute approximate surface area is 176 Å². The largest absolute Gasteiger partial charge is 0.337 e. The number of thiophene rings is 1. The lowest BCUT2D eigenvalue weighted by Gasteiger charge is -2.31. The Hall–Kier alpha value is -2.58. The molecule has 5 nitrogen and oxygen atoms in total. The van der Waals surface area contributed by atoms with E-state index in [2.05, 4.69) is 10.3 Å². The van der Waals surface area contributed by atoms with Crippen molar-refractivity contribution in [2.75, 3.05) is 18.4 Å². The van der Waals surface area contributed by atoms with Crippen LogP contribution in [0.3, 0.4) is 0 Å². The molecule has 1 aliphatic rings. The number of hydrogen-bond donors (Lipinski definition) is 1. The highest BCUT2D eigenvalue weighted by molar-refractivity contribution is 7.18. The maximum Gasteiger partial charge on any atom is 0.264 e. The Morgan fingerprint density at radius 3 is 2.93 bits per heavy atom. The van der Waals surface area contributed by atoms with E-state index in [9.17, 15) is 14.0 Å². The number of anilines is 1. The molecular weight excluding hydrogens is 409 g/mol. The summed E-state index contributed by atoms with van der Waals surface area (Å²) in [7, 11) is 0. The summed E-state index contributed by atoms with van der Waals surface area (Å²) >= 11 is 2.89. The van der Waals surface area contributed by atoms with Crippen molar-refractivity contribution in [1.82, 2.24) is 9.88 Å². The molecule has 2 amide bonds. The first kappa shape index (κ1) is 19.7. The van der Waals surface area contributed by atoms with Crippen LogP contribution in [0.1, 0.15) is 49.4 Å². The maximum absolute atomic E-state index is 13.3. The zero-order chi connectivity index (χ0) is 20.4. The molecule has 1 unspecified atom stereocenters. The number of hydrogen-bond acceptors (Lipinski definition) is 5. The number of piperidine rings is 1. The Balaban J connectivity index is 1.47. The monoisotopic (exact) mass is 429 g/mol. The Bertz CT molecular complexity index is 1030. The molecule has 1 atom stereocenters. The van der Waals surface area contributed by atoms with Gasteiger partial charge in [0.1, 0.15) is 5.82 Å². The van der Waals surface area contributed by atoms with Crippen LogP contribution in [0.4, 0.5) is 9.39 Å². The van der Waals surface area contributed by atoms with E-state index in [1.807, 2.05) is 17.2 Å². The van der Waals surface area contributed by atoms with E-state index in [-0.39, 0.29) is 17.4 Å². The average molecular weight is 430 g/mol. The zero-order valence-corrected chi connectivity index (χ0v) is 17.5. The fourth-order valence-corrected chi connectivity index (χ4v) is 5.32. The summed E-state index contributed by atoms with van der Waals surface area (Å²) in [6, 6.07) is 7.32. The van der Waals surface area contributed by atoms with E-state index in [1.165, 1.54) is 29.5 Å². The molecule has 3 heterocycles. The molecule has 2 aromatic heterocycles. The first-order valence-corrected chi connectivity index (χ1v) is 11.1. The van der Waals surface area contributed by atoms with Gasteiger partial charge < -0.3 is 10.2 Å². The number of benzene rings is 1. The van der Waals surface area contributed by atoms with Crippen molar-refractivity contribution in [3.8, 4) is 0 Å². The van der Waals surface area contributed by atoms with Crippen LogP contribution in [-0.2, 0) is 0 Å². The third-order valence-electron chi connectivity index (χ3n) is 4.94. The minimum Gasteiger partial charge on any atom is -0.337 e. The van der Waals surface area contributed by atoms with E-state index in [0.29, 0.717) is 16.4 Å². The van der Waals surface area contributed by atoms with Gasteiger partial charge >= 0.3 is 0 Å². The standard InChI is InChI=1S/C21H20FN3O2S2/c1-13-10-17(24-19(26)14-4-2-6-16(22)11-14)29-18(13)21(27)25-8-3-5-15(12-25)20-23-7-9-28-20/h2,4,6-7,9-11,15H,3,5,8,12H2,1H3,(H,24,26). The Kier molecular flexibility index (Phi) is 5.73. The Morgan fingerprint density at radius 2 is 2.17 bits per heavy atom. The number of aryl methyl sites for hydroxylation is 1. The number of carbonyl (C=O) groups excluding carboxylic acids is 2. The molecule has 150 valence electrons. The molecule has 0 radical (unpaired) electrons. The van der Waals surface area contributed by atoms with Gasteiger partial charge in [-0.15, -0.1) is 22.7 Å². The van der Waals surface area contributed by atoms with E-state index < -0.39 is 11.7 Å². The highest BCUT2D eigenvalue weighted by Gasteiger charge is 2.28. The molecule has 1 aromatic carbocycles. The zero-order valence-electron chi connectivity index (χ0n) is 15.9. The van der Waals surface area contributed by atoms with E-state index >= 15 is 0 Å². The number of amides is 2. The lowest BCUT2D eigenvalue weighted by atomic mass is 9.98. The molecule has 0 bridgehead atoms. The first-order valence-electron chi connectivity index (χ1n) is 9.37. The van der Waals surface area contributed by atoms with Gasteiger partial charge in [-0.1, -0.05) is 6.07 Å². The molecule has 29 heavy (non-hydrogen) atoms. The number of aromatic nitrogens is 1. The third-order valence-corrected chi connectivity index (χ3v) is 7.02. The van der Waals surface area contributed by atoms with Gasteiger partial charge in [-0.3, -0.25) is 9.59 Å². The van der Waals surface area contributed by atoms with Crippen LogP contribution in [-0.4, -0.2) is 34.8 Å². The van der Waals surface area contributed by atoms with Gasteiger partial charge in [-0.25, -0.2) is 9.37 Å². The second-order valence-corrected chi connectivity index (χ2v) is 9.03. The quantitative estimate of drug-likeness (QED) is 0.640. The number of halogens is 1. The van der Waals surface area contributed by atoms with Crippen molar-refractivity contribution in [2.45, 2.75) is 25.7 Å². The van der Waals surface area contributed by atoms with Crippen LogP contribution < -0.4 is 5.32 Å². The summed E-state index contributed by atoms with van der Waals surface area (Å²) in [5.41, 5.74) is 1.07. The van der Waals surface area contributed by atoms with Gasteiger partial charge in [0.05, 0.1) is 14.9 Å². The molecule has 0 spiro atoms. The van der Waals surface area contributed by atoms with Gasteiger partial charge in [0.2, 0.25) is 0 Å². The number of thiazole rings is 1. The second kappa shape index (κ2) is 8.42.